The molecule has 1 unspecified atom stereocenters. The van der Waals surface area contributed by atoms with Crippen LogP contribution in [0.25, 0.3) is 0 Å². The van der Waals surface area contributed by atoms with E-state index in [1.165, 1.54) is 0 Å². The van der Waals surface area contributed by atoms with Crippen LogP contribution in [-0.2, 0) is 9.47 Å². The van der Waals surface area contributed by atoms with Gasteiger partial charge < -0.3 is 14.4 Å². The third-order valence-corrected chi connectivity index (χ3v) is 4.44. The molecule has 26 heavy (non-hydrogen) atoms. The number of benzene rings is 2. The van der Waals surface area contributed by atoms with Crippen LogP contribution in [0.4, 0.5) is 5.69 Å². The summed E-state index contributed by atoms with van der Waals surface area (Å²) >= 11 is 0. The van der Waals surface area contributed by atoms with Crippen molar-refractivity contribution in [3.63, 3.8) is 0 Å². The molecular weight excluding hydrogens is 330 g/mol. The maximum absolute atomic E-state index is 12.6. The summed E-state index contributed by atoms with van der Waals surface area (Å²) in [7, 11) is 0. The molecule has 2 aromatic rings. The summed E-state index contributed by atoms with van der Waals surface area (Å²) in [4.78, 5) is 26.8. The second-order valence-electron chi connectivity index (χ2n) is 6.18. The van der Waals surface area contributed by atoms with E-state index in [0.717, 1.165) is 18.8 Å². The molecule has 3 rings (SSSR count). The third-order valence-electron chi connectivity index (χ3n) is 4.44. The SMILES string of the molecule is CCN(CC)c1ccc(C(=O)c2ccc(C(=O)OCC3CO3)cc2)cc1. The summed E-state index contributed by atoms with van der Waals surface area (Å²) in [6.45, 7) is 6.98. The molecule has 1 aliphatic rings. The van der Waals surface area contributed by atoms with Crippen LogP contribution in [0.1, 0.15) is 40.1 Å². The van der Waals surface area contributed by atoms with E-state index in [9.17, 15) is 9.59 Å². The first-order valence-corrected chi connectivity index (χ1v) is 8.90. The van der Waals surface area contributed by atoms with Gasteiger partial charge in [0.05, 0.1) is 12.2 Å². The number of carbonyl (C=O) groups excluding carboxylic acids is 2. The van der Waals surface area contributed by atoms with Crippen molar-refractivity contribution in [2.45, 2.75) is 20.0 Å². The van der Waals surface area contributed by atoms with E-state index in [4.69, 9.17) is 9.47 Å². The Kier molecular flexibility index (Phi) is 5.68. The lowest BCUT2D eigenvalue weighted by Gasteiger charge is -2.21. The van der Waals surface area contributed by atoms with Crippen LogP contribution in [-0.4, -0.2) is 44.2 Å². The topological polar surface area (TPSA) is 59.1 Å². The number of anilines is 1. The number of carbonyl (C=O) groups is 2. The fraction of sp³-hybridized carbons (Fsp3) is 0.333. The Balaban J connectivity index is 1.66. The largest absolute Gasteiger partial charge is 0.459 e. The smallest absolute Gasteiger partial charge is 0.338 e. The van der Waals surface area contributed by atoms with Gasteiger partial charge in [-0.05, 0) is 50.2 Å². The zero-order valence-electron chi connectivity index (χ0n) is 15.1. The van der Waals surface area contributed by atoms with E-state index in [1.807, 2.05) is 24.3 Å². The quantitative estimate of drug-likeness (QED) is 0.414. The summed E-state index contributed by atoms with van der Waals surface area (Å²) in [6.07, 6.45) is 0.0408. The maximum atomic E-state index is 12.6. The maximum Gasteiger partial charge on any atom is 0.338 e. The average Bonchev–Trinajstić information content (AvgIpc) is 3.52. The zero-order valence-corrected chi connectivity index (χ0v) is 15.1. The number of rotatable bonds is 8. The zero-order chi connectivity index (χ0) is 18.5. The first-order chi connectivity index (χ1) is 12.6. The van der Waals surface area contributed by atoms with E-state index < -0.39 is 5.97 Å². The second-order valence-corrected chi connectivity index (χ2v) is 6.18. The highest BCUT2D eigenvalue weighted by molar-refractivity contribution is 6.09. The Hall–Kier alpha value is -2.66. The van der Waals surface area contributed by atoms with E-state index in [2.05, 4.69) is 18.7 Å². The summed E-state index contributed by atoms with van der Waals surface area (Å²) in [5.41, 5.74) is 2.70. The highest BCUT2D eigenvalue weighted by atomic mass is 16.6. The van der Waals surface area contributed by atoms with Crippen LogP contribution in [0.3, 0.4) is 0 Å². The summed E-state index contributed by atoms with van der Waals surface area (Å²) in [6, 6.07) is 14.2. The molecule has 0 aromatic heterocycles. The minimum absolute atomic E-state index is 0.0408. The Morgan fingerprint density at radius 2 is 1.46 bits per heavy atom. The standard InChI is InChI=1S/C21H23NO4/c1-3-22(4-2)18-11-9-16(10-12-18)20(23)15-5-7-17(8-6-15)21(24)26-14-19-13-25-19/h5-12,19H,3-4,13-14H2,1-2H3. The Bertz CT molecular complexity index is 760. The molecule has 0 N–H and O–H groups in total. The van der Waals surface area contributed by atoms with Gasteiger partial charge in [0.1, 0.15) is 12.7 Å². The van der Waals surface area contributed by atoms with Gasteiger partial charge in [-0.1, -0.05) is 12.1 Å². The number of hydrogen-bond acceptors (Lipinski definition) is 5. The molecule has 2 aromatic carbocycles. The molecule has 1 fully saturated rings. The van der Waals surface area contributed by atoms with Crippen LogP contribution < -0.4 is 4.90 Å². The number of hydrogen-bond donors (Lipinski definition) is 0. The number of epoxide rings is 1. The van der Waals surface area contributed by atoms with Gasteiger partial charge in [-0.15, -0.1) is 0 Å². The molecule has 1 saturated heterocycles. The fourth-order valence-electron chi connectivity index (χ4n) is 2.75. The summed E-state index contributed by atoms with van der Waals surface area (Å²) in [5, 5.41) is 0. The van der Waals surface area contributed by atoms with Crippen molar-refractivity contribution in [3.05, 3.63) is 65.2 Å². The lowest BCUT2D eigenvalue weighted by Crippen LogP contribution is -2.21. The van der Waals surface area contributed by atoms with Crippen molar-refractivity contribution in [1.29, 1.82) is 0 Å². The van der Waals surface area contributed by atoms with E-state index >= 15 is 0 Å². The van der Waals surface area contributed by atoms with Gasteiger partial charge in [0.15, 0.2) is 5.78 Å². The number of ether oxygens (including phenoxy) is 2. The molecule has 0 bridgehead atoms. The van der Waals surface area contributed by atoms with Crippen LogP contribution in [0.15, 0.2) is 48.5 Å². The molecule has 0 aliphatic carbocycles. The molecule has 136 valence electrons. The average molecular weight is 353 g/mol. The molecule has 5 nitrogen and oxygen atoms in total. The highest BCUT2D eigenvalue weighted by Gasteiger charge is 2.24. The minimum atomic E-state index is -0.400. The second kappa shape index (κ2) is 8.15. The normalized spacial score (nSPS) is 15.4. The summed E-state index contributed by atoms with van der Waals surface area (Å²) in [5.74, 6) is -0.467. The summed E-state index contributed by atoms with van der Waals surface area (Å²) < 4.78 is 10.1. The Morgan fingerprint density at radius 3 is 1.96 bits per heavy atom. The Labute approximate surface area is 153 Å². The van der Waals surface area contributed by atoms with Gasteiger partial charge in [-0.3, -0.25) is 4.79 Å². The first kappa shape index (κ1) is 18.1. The Morgan fingerprint density at radius 1 is 0.962 bits per heavy atom. The number of nitrogens with zero attached hydrogens (tertiary/aromatic N) is 1. The number of esters is 1. The molecule has 0 saturated carbocycles. The van der Waals surface area contributed by atoms with Crippen molar-refractivity contribution in [1.82, 2.24) is 0 Å². The minimum Gasteiger partial charge on any atom is -0.459 e. The van der Waals surface area contributed by atoms with Crippen LogP contribution in [0, 0.1) is 0 Å². The molecule has 0 spiro atoms. The van der Waals surface area contributed by atoms with Gasteiger partial charge in [0.25, 0.3) is 0 Å². The van der Waals surface area contributed by atoms with Gasteiger partial charge >= 0.3 is 5.97 Å². The predicted molar refractivity (Wildman–Crippen MR) is 99.9 cm³/mol. The van der Waals surface area contributed by atoms with Crippen molar-refractivity contribution < 1.29 is 19.1 Å². The van der Waals surface area contributed by atoms with Gasteiger partial charge in [-0.2, -0.15) is 0 Å². The molecule has 1 atom stereocenters. The molecule has 1 aliphatic heterocycles. The lowest BCUT2D eigenvalue weighted by molar-refractivity contribution is 0.0476. The monoisotopic (exact) mass is 353 g/mol. The highest BCUT2D eigenvalue weighted by Crippen LogP contribution is 2.18. The molecular formula is C21H23NO4. The molecule has 5 heteroatoms. The molecule has 0 amide bonds. The molecule has 1 heterocycles. The van der Waals surface area contributed by atoms with Crippen LogP contribution in [0.2, 0.25) is 0 Å². The van der Waals surface area contributed by atoms with Crippen LogP contribution in [0.5, 0.6) is 0 Å². The van der Waals surface area contributed by atoms with Crippen molar-refractivity contribution in [2.75, 3.05) is 31.2 Å². The van der Waals surface area contributed by atoms with Crippen molar-refractivity contribution in [3.8, 4) is 0 Å². The van der Waals surface area contributed by atoms with Gasteiger partial charge in [0.2, 0.25) is 0 Å². The van der Waals surface area contributed by atoms with E-state index in [0.29, 0.717) is 23.3 Å². The van der Waals surface area contributed by atoms with Gasteiger partial charge in [0, 0.05) is 29.9 Å². The van der Waals surface area contributed by atoms with Crippen molar-refractivity contribution >= 4 is 17.4 Å². The number of ketones is 1. The molecule has 0 radical (unpaired) electrons. The lowest BCUT2D eigenvalue weighted by atomic mass is 10.0. The van der Waals surface area contributed by atoms with E-state index in [-0.39, 0.29) is 18.5 Å². The fourth-order valence-corrected chi connectivity index (χ4v) is 2.75. The van der Waals surface area contributed by atoms with Gasteiger partial charge in [-0.25, -0.2) is 4.79 Å². The predicted octanol–water partition coefficient (Wildman–Crippen LogP) is 3.32. The third kappa shape index (κ3) is 4.29. The van der Waals surface area contributed by atoms with E-state index in [1.54, 1.807) is 24.3 Å². The van der Waals surface area contributed by atoms with Crippen molar-refractivity contribution in [2.24, 2.45) is 0 Å². The first-order valence-electron chi connectivity index (χ1n) is 8.90. The van der Waals surface area contributed by atoms with Crippen LogP contribution >= 0.6 is 0 Å².